The maximum Gasteiger partial charge on any atom is 1.00 e. The summed E-state index contributed by atoms with van der Waals surface area (Å²) in [6.07, 6.45) is 0.453. The molecule has 43 heavy (non-hydrogen) atoms. The number of tetrazole rings is 1. The van der Waals surface area contributed by atoms with E-state index in [0.29, 0.717) is 16.7 Å². The molecular weight excluding hydrogens is 607 g/mol. The summed E-state index contributed by atoms with van der Waals surface area (Å²) in [5.41, 5.74) is -5.61. The average molecular weight is 629 g/mol. The number of carbonyl (C=O) groups excluding carboxylic acids is 6. The first-order chi connectivity index (χ1) is 20.3. The van der Waals surface area contributed by atoms with Crippen LogP contribution in [-0.2, 0) is 46.3 Å². The second-order valence-electron chi connectivity index (χ2n) is 9.29. The second-order valence-corrected chi connectivity index (χ2v) is 9.65. The Hall–Kier alpha value is -3.37. The van der Waals surface area contributed by atoms with Crippen molar-refractivity contribution in [3.63, 3.8) is 0 Å². The van der Waals surface area contributed by atoms with Crippen molar-refractivity contribution in [3.8, 4) is 22.5 Å². The summed E-state index contributed by atoms with van der Waals surface area (Å²) in [6, 6.07) is 13.2. The van der Waals surface area contributed by atoms with Crippen molar-refractivity contribution in [1.29, 1.82) is 0 Å². The molecule has 2 aromatic heterocycles. The molecule has 0 aliphatic heterocycles. The number of aromatic nitrogens is 6. The van der Waals surface area contributed by atoms with Crippen molar-refractivity contribution >= 4 is 49.3 Å². The van der Waals surface area contributed by atoms with Crippen LogP contribution in [0.5, 0.6) is 0 Å². The number of aliphatic hydroxyl groups is 1. The Kier molecular flexibility index (Phi) is 11.1. The van der Waals surface area contributed by atoms with Crippen LogP contribution in [0.1, 0.15) is 30.4 Å². The third kappa shape index (κ3) is 5.33. The molecule has 1 N–H and O–H groups in total. The second kappa shape index (κ2) is 13.9. The van der Waals surface area contributed by atoms with E-state index in [1.165, 1.54) is 19.1 Å². The van der Waals surface area contributed by atoms with Gasteiger partial charge in [-0.05, 0) is 28.7 Å². The fourth-order valence-electron chi connectivity index (χ4n) is 4.98. The van der Waals surface area contributed by atoms with Gasteiger partial charge in [-0.15, -0.1) is 0 Å². The summed E-state index contributed by atoms with van der Waals surface area (Å²) in [6.45, 7) is 0.500. The van der Waals surface area contributed by atoms with Crippen molar-refractivity contribution < 1.29 is 85.3 Å². The Bertz CT molecular complexity index is 1630. The van der Waals surface area contributed by atoms with Gasteiger partial charge in [0.05, 0.1) is 12.3 Å². The molecule has 0 unspecified atom stereocenters. The van der Waals surface area contributed by atoms with E-state index in [1.807, 2.05) is 0 Å². The number of hydrogen-bond donors (Lipinski definition) is 1. The molecule has 0 aliphatic rings. The van der Waals surface area contributed by atoms with Crippen molar-refractivity contribution in [2.24, 2.45) is 5.41 Å². The first-order valence-corrected chi connectivity index (χ1v) is 12.8. The smallest absolute Gasteiger partial charge is 0.390 e. The number of imidazole rings is 1. The van der Waals surface area contributed by atoms with Gasteiger partial charge in [0.15, 0.2) is 28.7 Å². The summed E-state index contributed by atoms with van der Waals surface area (Å²) in [5.74, 6) is -0.372. The molecule has 0 atom stereocenters. The summed E-state index contributed by atoms with van der Waals surface area (Å²) in [7, 11) is 0. The summed E-state index contributed by atoms with van der Waals surface area (Å²) >= 11 is 6.27. The van der Waals surface area contributed by atoms with Gasteiger partial charge in [0, 0.05) is 5.82 Å². The van der Waals surface area contributed by atoms with Gasteiger partial charge in [-0.1, -0.05) is 67.1 Å². The molecule has 2 heterocycles. The minimum absolute atomic E-state index is 0. The fraction of sp³-hybridized carbons (Fsp3) is 0.214. The number of aldehydes is 6. The quantitative estimate of drug-likeness (QED) is 0.0925. The molecule has 0 saturated carbocycles. The van der Waals surface area contributed by atoms with E-state index >= 15 is 0 Å². The summed E-state index contributed by atoms with van der Waals surface area (Å²) in [4.78, 5) is 79.4. The molecule has 214 valence electrons. The van der Waals surface area contributed by atoms with Crippen LogP contribution >= 0.6 is 11.6 Å². The van der Waals surface area contributed by atoms with E-state index in [4.69, 9.17) is 11.6 Å². The Morgan fingerprint density at radius 3 is 1.95 bits per heavy atom. The first-order valence-electron chi connectivity index (χ1n) is 12.4. The van der Waals surface area contributed by atoms with Crippen LogP contribution in [0, 0.1) is 5.41 Å². The number of halogens is 1. The molecule has 0 aliphatic carbocycles. The van der Waals surface area contributed by atoms with Crippen molar-refractivity contribution in [3.05, 3.63) is 70.8 Å². The number of benzene rings is 2. The molecule has 0 bridgehead atoms. The standard InChI is InChI=1S/C28H22ClN6O7.K/c1-2-26(12-37,13-38)27(14-39,15-40)25-30-23(29)22(11-36)35(25)28(16-41,17-42)19-9-7-18(8-10-19)20-5-3-4-6-21(20)24-31-33-34-32-24;/h3-10,12-17,36H,2,11H2,1H3;/q-1;+1. The normalized spacial score (nSPS) is 11.7. The third-order valence-electron chi connectivity index (χ3n) is 7.47. The molecule has 13 nitrogen and oxygen atoms in total. The van der Waals surface area contributed by atoms with Crippen molar-refractivity contribution in [1.82, 2.24) is 30.2 Å². The number of carbonyl (C=O) groups is 6. The third-order valence-corrected chi connectivity index (χ3v) is 7.77. The zero-order valence-corrected chi connectivity index (χ0v) is 26.8. The largest absolute Gasteiger partial charge is 1.00 e. The predicted molar refractivity (Wildman–Crippen MR) is 145 cm³/mol. The minimum atomic E-state index is -2.61. The van der Waals surface area contributed by atoms with Gasteiger partial charge in [0.2, 0.25) is 0 Å². The molecule has 0 spiro atoms. The molecule has 0 amide bonds. The van der Waals surface area contributed by atoms with E-state index in [2.05, 4.69) is 25.6 Å². The van der Waals surface area contributed by atoms with Crippen LogP contribution in [0.2, 0.25) is 5.15 Å². The van der Waals surface area contributed by atoms with Gasteiger partial charge in [-0.25, -0.2) is 4.98 Å². The van der Waals surface area contributed by atoms with E-state index in [9.17, 15) is 33.9 Å². The van der Waals surface area contributed by atoms with Gasteiger partial charge in [-0.2, -0.15) is 5.21 Å². The SMILES string of the molecule is CCC(C=O)(C=O)C(C=O)(C=O)c1nc(Cl)c(CO)n1C(C=O)(C=O)c1ccc(-c2ccccc2-c2nnn[n-]2)cc1.[K+]. The molecule has 0 saturated heterocycles. The van der Waals surface area contributed by atoms with Crippen LogP contribution in [0.4, 0.5) is 0 Å². The molecular formula is C28H22ClKN6O7. The molecule has 0 radical (unpaired) electrons. The molecule has 0 fully saturated rings. The monoisotopic (exact) mass is 628 g/mol. The van der Waals surface area contributed by atoms with Gasteiger partial charge < -0.3 is 34.0 Å². The topological polar surface area (TPSA) is 193 Å². The van der Waals surface area contributed by atoms with Crippen molar-refractivity contribution in [2.45, 2.75) is 30.9 Å². The van der Waals surface area contributed by atoms with Crippen LogP contribution in [0.25, 0.3) is 22.5 Å². The molecule has 4 rings (SSSR count). The first kappa shape index (κ1) is 34.1. The van der Waals surface area contributed by atoms with Crippen LogP contribution in [0.3, 0.4) is 0 Å². The molecule has 15 heteroatoms. The minimum Gasteiger partial charge on any atom is -0.390 e. The number of aliphatic hydroxyl groups excluding tert-OH is 1. The maximum atomic E-state index is 12.9. The fourth-order valence-corrected chi connectivity index (χ4v) is 5.20. The van der Waals surface area contributed by atoms with Gasteiger partial charge in [0.1, 0.15) is 36.4 Å². The Balaban J connectivity index is 0.00000506. The van der Waals surface area contributed by atoms with Gasteiger partial charge in [-0.3, -0.25) is 19.9 Å². The Labute approximate surface area is 291 Å². The van der Waals surface area contributed by atoms with Crippen LogP contribution in [-0.4, -0.2) is 67.9 Å². The van der Waals surface area contributed by atoms with E-state index < -0.39 is 34.0 Å². The zero-order valence-electron chi connectivity index (χ0n) is 23.0. The zero-order chi connectivity index (χ0) is 30.5. The van der Waals surface area contributed by atoms with E-state index in [1.54, 1.807) is 36.4 Å². The number of hydrogen-bond acceptors (Lipinski definition) is 11. The number of nitrogens with zero attached hydrogens (tertiary/aromatic N) is 6. The maximum absolute atomic E-state index is 12.9. The average Bonchev–Trinajstić information content (AvgIpc) is 3.70. The van der Waals surface area contributed by atoms with Crippen molar-refractivity contribution in [2.75, 3.05) is 0 Å². The van der Waals surface area contributed by atoms with Crippen LogP contribution < -0.4 is 56.5 Å². The van der Waals surface area contributed by atoms with Gasteiger partial charge in [0.25, 0.3) is 0 Å². The predicted octanol–water partition coefficient (Wildman–Crippen LogP) is -1.92. The number of rotatable bonds is 14. The molecule has 4 aromatic rings. The Morgan fingerprint density at radius 1 is 0.884 bits per heavy atom. The summed E-state index contributed by atoms with van der Waals surface area (Å²) < 4.78 is 0.827. The summed E-state index contributed by atoms with van der Waals surface area (Å²) in [5, 5.41) is 24.5. The van der Waals surface area contributed by atoms with Crippen LogP contribution in [0.15, 0.2) is 48.5 Å². The van der Waals surface area contributed by atoms with E-state index in [-0.39, 0.29) is 113 Å². The Morgan fingerprint density at radius 2 is 1.49 bits per heavy atom. The van der Waals surface area contributed by atoms with E-state index in [0.717, 1.165) is 4.57 Å². The molecule has 2 aromatic carbocycles. The van der Waals surface area contributed by atoms with Gasteiger partial charge >= 0.3 is 51.4 Å².